The van der Waals surface area contributed by atoms with Crippen LogP contribution in [0.25, 0.3) is 0 Å². The number of hydrogen-bond donors (Lipinski definition) is 0. The van der Waals surface area contributed by atoms with Gasteiger partial charge in [-0.05, 0) is 25.0 Å². The van der Waals surface area contributed by atoms with Crippen molar-refractivity contribution in [2.45, 2.75) is 36.6 Å². The van der Waals surface area contributed by atoms with Gasteiger partial charge in [0, 0.05) is 17.9 Å². The van der Waals surface area contributed by atoms with E-state index in [1.807, 2.05) is 0 Å². The number of nitrogens with zero attached hydrogens (tertiary/aromatic N) is 2. The van der Waals surface area contributed by atoms with Crippen molar-refractivity contribution in [3.63, 3.8) is 0 Å². The zero-order valence-corrected chi connectivity index (χ0v) is 13.2. The molecule has 0 heterocycles. The maximum absolute atomic E-state index is 13.2. The van der Waals surface area contributed by atoms with E-state index in [1.165, 1.54) is 11.0 Å². The summed E-state index contributed by atoms with van der Waals surface area (Å²) in [6, 6.07) is 3.03. The Balaban J connectivity index is 2.29. The van der Waals surface area contributed by atoms with Gasteiger partial charge in [-0.15, -0.1) is 0 Å². The summed E-state index contributed by atoms with van der Waals surface area (Å²) in [5.74, 6) is -1.17. The van der Waals surface area contributed by atoms with Crippen LogP contribution in [0.2, 0.25) is 0 Å². The Labute approximate surface area is 130 Å². The molecule has 0 bridgehead atoms. The van der Waals surface area contributed by atoms with Gasteiger partial charge in [-0.3, -0.25) is 14.9 Å². The number of carbonyl (C=O) groups excluding carboxylic acids is 1. The molecule has 1 amide bonds. The molecule has 1 fully saturated rings. The molecule has 2 atom stereocenters. The van der Waals surface area contributed by atoms with Crippen LogP contribution in [0.3, 0.4) is 0 Å². The van der Waals surface area contributed by atoms with Gasteiger partial charge in [0.05, 0.1) is 11.0 Å². The van der Waals surface area contributed by atoms with Crippen molar-refractivity contribution in [1.82, 2.24) is 4.90 Å². The van der Waals surface area contributed by atoms with Crippen LogP contribution in [-0.2, 0) is 0 Å². The number of rotatable bonds is 3. The Morgan fingerprint density at radius 2 is 2.10 bits per heavy atom. The lowest BCUT2D eigenvalue weighted by Crippen LogP contribution is -2.44. The van der Waals surface area contributed by atoms with Crippen LogP contribution in [-0.4, -0.2) is 33.6 Å². The Bertz CT molecular complexity index is 567. The molecule has 0 N–H and O–H groups in total. The predicted molar refractivity (Wildman–Crippen MR) is 80.1 cm³/mol. The van der Waals surface area contributed by atoms with Gasteiger partial charge in [0.25, 0.3) is 11.6 Å². The average Bonchev–Trinajstić information content (AvgIpc) is 2.46. The van der Waals surface area contributed by atoms with Crippen molar-refractivity contribution in [2.75, 3.05) is 7.05 Å². The summed E-state index contributed by atoms with van der Waals surface area (Å²) >= 11 is 3.57. The fourth-order valence-corrected chi connectivity index (χ4v) is 3.62. The van der Waals surface area contributed by atoms with E-state index in [0.717, 1.165) is 37.8 Å². The standard InChI is InChI=1S/C14H16BrFN2O3/c1-17(12-5-3-2-4-11(12)15)14(19)10-7-6-9(16)8-13(10)18(20)21/h6-8,11-12H,2-5H2,1H3. The number of carbonyl (C=O) groups is 1. The Morgan fingerprint density at radius 1 is 1.43 bits per heavy atom. The Hall–Kier alpha value is -1.50. The van der Waals surface area contributed by atoms with E-state index in [0.29, 0.717) is 0 Å². The summed E-state index contributed by atoms with van der Waals surface area (Å²) in [5.41, 5.74) is -0.567. The number of nitro groups is 1. The molecule has 0 saturated heterocycles. The second-order valence-electron chi connectivity index (χ2n) is 5.20. The third-order valence-corrected chi connectivity index (χ3v) is 4.92. The first-order valence-electron chi connectivity index (χ1n) is 6.77. The molecule has 2 unspecified atom stereocenters. The smallest absolute Gasteiger partial charge is 0.285 e. The van der Waals surface area contributed by atoms with E-state index in [1.54, 1.807) is 7.05 Å². The largest absolute Gasteiger partial charge is 0.337 e. The van der Waals surface area contributed by atoms with Gasteiger partial charge in [0.15, 0.2) is 0 Å². The summed E-state index contributed by atoms with van der Waals surface area (Å²) in [6.45, 7) is 0. The van der Waals surface area contributed by atoms with Gasteiger partial charge in [-0.1, -0.05) is 28.8 Å². The minimum atomic E-state index is -0.726. The van der Waals surface area contributed by atoms with Crippen molar-refractivity contribution in [2.24, 2.45) is 0 Å². The molecule has 0 radical (unpaired) electrons. The van der Waals surface area contributed by atoms with Gasteiger partial charge in [0.1, 0.15) is 11.4 Å². The molecule has 7 heteroatoms. The third-order valence-electron chi connectivity index (χ3n) is 3.85. The summed E-state index contributed by atoms with van der Waals surface area (Å²) in [7, 11) is 1.64. The van der Waals surface area contributed by atoms with E-state index >= 15 is 0 Å². The van der Waals surface area contributed by atoms with Crippen molar-refractivity contribution in [1.29, 1.82) is 0 Å². The molecule has 1 aromatic carbocycles. The van der Waals surface area contributed by atoms with Crippen molar-refractivity contribution in [3.8, 4) is 0 Å². The van der Waals surface area contributed by atoms with E-state index in [2.05, 4.69) is 15.9 Å². The monoisotopic (exact) mass is 358 g/mol. The predicted octanol–water partition coefficient (Wildman–Crippen LogP) is 3.51. The lowest BCUT2D eigenvalue weighted by atomic mass is 9.94. The first-order chi connectivity index (χ1) is 9.91. The number of amides is 1. The highest BCUT2D eigenvalue weighted by atomic mass is 79.9. The molecule has 1 aromatic rings. The fourth-order valence-electron chi connectivity index (χ4n) is 2.68. The molecule has 1 aliphatic carbocycles. The number of alkyl halides is 1. The highest BCUT2D eigenvalue weighted by molar-refractivity contribution is 9.09. The van der Waals surface area contributed by atoms with Gasteiger partial charge in [-0.2, -0.15) is 0 Å². The lowest BCUT2D eigenvalue weighted by molar-refractivity contribution is -0.385. The number of benzene rings is 1. The minimum Gasteiger partial charge on any atom is -0.337 e. The topological polar surface area (TPSA) is 63.5 Å². The molecule has 5 nitrogen and oxygen atoms in total. The third kappa shape index (κ3) is 3.40. The molecule has 114 valence electrons. The van der Waals surface area contributed by atoms with Gasteiger partial charge in [0.2, 0.25) is 0 Å². The van der Waals surface area contributed by atoms with Crippen molar-refractivity contribution in [3.05, 3.63) is 39.7 Å². The van der Waals surface area contributed by atoms with Gasteiger partial charge in [-0.25, -0.2) is 4.39 Å². The Kier molecular flexibility index (Phi) is 4.92. The first-order valence-corrected chi connectivity index (χ1v) is 7.68. The molecular weight excluding hydrogens is 343 g/mol. The van der Waals surface area contributed by atoms with Crippen LogP contribution in [0.1, 0.15) is 36.0 Å². The molecule has 21 heavy (non-hydrogen) atoms. The van der Waals surface area contributed by atoms with E-state index in [-0.39, 0.29) is 16.4 Å². The zero-order valence-electron chi connectivity index (χ0n) is 11.6. The molecule has 0 aliphatic heterocycles. The minimum absolute atomic E-state index is 0.00379. The second kappa shape index (κ2) is 6.51. The molecule has 2 rings (SSSR count). The molecule has 0 aromatic heterocycles. The molecule has 1 saturated carbocycles. The summed E-state index contributed by atoms with van der Waals surface area (Å²) in [6.07, 6.45) is 3.95. The zero-order chi connectivity index (χ0) is 15.6. The maximum Gasteiger partial charge on any atom is 0.285 e. The summed E-state index contributed by atoms with van der Waals surface area (Å²) < 4.78 is 13.2. The van der Waals surface area contributed by atoms with Crippen LogP contribution in [0.4, 0.5) is 10.1 Å². The molecular formula is C14H16BrFN2O3. The normalized spacial score (nSPS) is 21.9. The van der Waals surface area contributed by atoms with E-state index in [9.17, 15) is 19.3 Å². The highest BCUT2D eigenvalue weighted by Crippen LogP contribution is 2.30. The van der Waals surface area contributed by atoms with Crippen LogP contribution in [0.15, 0.2) is 18.2 Å². The number of hydrogen-bond acceptors (Lipinski definition) is 3. The number of nitro benzene ring substituents is 1. The summed E-state index contributed by atoms with van der Waals surface area (Å²) in [5, 5.41) is 11.0. The first kappa shape index (κ1) is 15.9. The van der Waals surface area contributed by atoms with Crippen LogP contribution < -0.4 is 0 Å². The van der Waals surface area contributed by atoms with Crippen LogP contribution in [0, 0.1) is 15.9 Å². The summed E-state index contributed by atoms with van der Waals surface area (Å²) in [4.78, 5) is 24.5. The average molecular weight is 359 g/mol. The highest BCUT2D eigenvalue weighted by Gasteiger charge is 2.32. The van der Waals surface area contributed by atoms with Gasteiger partial charge >= 0.3 is 0 Å². The van der Waals surface area contributed by atoms with E-state index in [4.69, 9.17) is 0 Å². The SMILES string of the molecule is CN(C(=O)c1ccc(F)cc1[N+](=O)[O-])C1CCCCC1Br. The van der Waals surface area contributed by atoms with Crippen molar-refractivity contribution < 1.29 is 14.1 Å². The van der Waals surface area contributed by atoms with Crippen LogP contribution in [0.5, 0.6) is 0 Å². The Morgan fingerprint density at radius 3 is 2.71 bits per heavy atom. The van der Waals surface area contributed by atoms with Crippen molar-refractivity contribution >= 4 is 27.5 Å². The van der Waals surface area contributed by atoms with E-state index < -0.39 is 22.3 Å². The fraction of sp³-hybridized carbons (Fsp3) is 0.500. The second-order valence-corrected chi connectivity index (χ2v) is 6.38. The quantitative estimate of drug-likeness (QED) is 0.471. The van der Waals surface area contributed by atoms with Crippen LogP contribution >= 0.6 is 15.9 Å². The van der Waals surface area contributed by atoms with Gasteiger partial charge < -0.3 is 4.90 Å². The molecule has 1 aliphatic rings. The maximum atomic E-state index is 13.2. The molecule has 0 spiro atoms. The lowest BCUT2D eigenvalue weighted by Gasteiger charge is -2.35. The number of halogens is 2.